The molecule has 166 valence electrons. The number of nitrogens with one attached hydrogen (secondary N) is 3. The van der Waals surface area contributed by atoms with Gasteiger partial charge in [0, 0.05) is 81.0 Å². The number of rotatable bonds is 11. The van der Waals surface area contributed by atoms with Gasteiger partial charge in [0.05, 0.1) is 0 Å². The lowest BCUT2D eigenvalue weighted by Crippen LogP contribution is -2.49. The number of aliphatic hydroxyl groups excluding tert-OH is 1. The van der Waals surface area contributed by atoms with E-state index in [1.807, 2.05) is 0 Å². The monoisotopic (exact) mass is 397 g/mol. The summed E-state index contributed by atoms with van der Waals surface area (Å²) in [6, 6.07) is 3.65. The molecule has 0 radical (unpaired) electrons. The summed E-state index contributed by atoms with van der Waals surface area (Å²) in [6.45, 7) is 18.3. The van der Waals surface area contributed by atoms with E-state index in [1.54, 1.807) is 0 Å². The summed E-state index contributed by atoms with van der Waals surface area (Å²) in [6.07, 6.45) is 2.39. The molecule has 2 aliphatic rings. The van der Waals surface area contributed by atoms with Gasteiger partial charge >= 0.3 is 0 Å². The zero-order valence-electron chi connectivity index (χ0n) is 19.4. The highest BCUT2D eigenvalue weighted by atomic mass is 16.3. The average molecular weight is 398 g/mol. The van der Waals surface area contributed by atoms with Crippen LogP contribution < -0.4 is 16.0 Å². The summed E-state index contributed by atoms with van der Waals surface area (Å²) in [4.78, 5) is 5.13. The first-order valence-corrected chi connectivity index (χ1v) is 11.5. The molecule has 0 aromatic rings. The fraction of sp³-hybridized carbons (Fsp3) is 1.00. The summed E-state index contributed by atoms with van der Waals surface area (Å²) >= 11 is 0. The van der Waals surface area contributed by atoms with E-state index in [-0.39, 0.29) is 6.61 Å². The summed E-state index contributed by atoms with van der Waals surface area (Å²) in [7, 11) is 2.09. The molecule has 4 N–H and O–H groups in total. The average Bonchev–Trinajstić information content (AvgIpc) is 3.23. The maximum Gasteiger partial charge on any atom is 0.0486 e. The maximum atomic E-state index is 9.75. The molecule has 6 heteroatoms. The van der Waals surface area contributed by atoms with E-state index in [0.29, 0.717) is 48.2 Å². The molecule has 2 heterocycles. The van der Waals surface area contributed by atoms with Gasteiger partial charge in [0.15, 0.2) is 0 Å². The van der Waals surface area contributed by atoms with Crippen LogP contribution in [0, 0.1) is 5.92 Å². The largest absolute Gasteiger partial charge is 0.396 e. The molecule has 2 saturated heterocycles. The normalized spacial score (nSPS) is 31.9. The third-order valence-electron chi connectivity index (χ3n) is 6.84. The van der Waals surface area contributed by atoms with Crippen LogP contribution in [-0.4, -0.2) is 97.0 Å². The van der Waals surface area contributed by atoms with E-state index in [9.17, 15) is 5.11 Å². The van der Waals surface area contributed by atoms with Crippen LogP contribution in [0.25, 0.3) is 0 Å². The fourth-order valence-corrected chi connectivity index (χ4v) is 4.91. The van der Waals surface area contributed by atoms with Gasteiger partial charge in [-0.15, -0.1) is 0 Å². The molecule has 2 unspecified atom stereocenters. The van der Waals surface area contributed by atoms with E-state index in [1.165, 1.54) is 12.8 Å². The van der Waals surface area contributed by atoms with E-state index >= 15 is 0 Å². The first-order valence-electron chi connectivity index (χ1n) is 11.5. The molecule has 2 fully saturated rings. The van der Waals surface area contributed by atoms with Crippen LogP contribution in [0.5, 0.6) is 0 Å². The van der Waals surface area contributed by atoms with Crippen LogP contribution in [0.4, 0.5) is 0 Å². The summed E-state index contributed by atoms with van der Waals surface area (Å²) in [5.74, 6) is 0.359. The Kier molecular flexibility index (Phi) is 9.64. The van der Waals surface area contributed by atoms with Gasteiger partial charge in [0.1, 0.15) is 0 Å². The second-order valence-corrected chi connectivity index (χ2v) is 9.87. The molecule has 0 saturated carbocycles. The highest BCUT2D eigenvalue weighted by Crippen LogP contribution is 2.22. The van der Waals surface area contributed by atoms with E-state index in [2.05, 4.69) is 74.3 Å². The third-order valence-corrected chi connectivity index (χ3v) is 6.84. The van der Waals surface area contributed by atoms with Gasteiger partial charge < -0.3 is 21.1 Å². The fourth-order valence-electron chi connectivity index (χ4n) is 4.91. The Bertz CT molecular complexity index is 447. The number of hydrogen-bond acceptors (Lipinski definition) is 6. The van der Waals surface area contributed by atoms with Crippen LogP contribution in [0.1, 0.15) is 54.4 Å². The third kappa shape index (κ3) is 6.64. The minimum absolute atomic E-state index is 0.283. The lowest BCUT2D eigenvalue weighted by Gasteiger charge is -2.28. The number of aliphatic hydroxyl groups is 1. The highest BCUT2D eigenvalue weighted by Gasteiger charge is 2.35. The molecule has 2 aliphatic heterocycles. The van der Waals surface area contributed by atoms with Crippen molar-refractivity contribution >= 4 is 0 Å². The zero-order valence-corrected chi connectivity index (χ0v) is 19.4. The Balaban J connectivity index is 1.77. The summed E-state index contributed by atoms with van der Waals surface area (Å²) in [5, 5.41) is 20.8. The summed E-state index contributed by atoms with van der Waals surface area (Å²) in [5.41, 5.74) is 0. The molecule has 0 bridgehead atoms. The molecular weight excluding hydrogens is 350 g/mol. The number of hydrogen-bond donors (Lipinski definition) is 4. The van der Waals surface area contributed by atoms with E-state index < -0.39 is 0 Å². The van der Waals surface area contributed by atoms with Gasteiger partial charge in [-0.05, 0) is 47.6 Å². The Morgan fingerprint density at radius 2 is 1.46 bits per heavy atom. The van der Waals surface area contributed by atoms with Crippen molar-refractivity contribution in [2.24, 2.45) is 5.92 Å². The van der Waals surface area contributed by atoms with Crippen molar-refractivity contribution in [3.8, 4) is 0 Å². The topological polar surface area (TPSA) is 62.8 Å². The van der Waals surface area contributed by atoms with Crippen LogP contribution in [0.15, 0.2) is 0 Å². The number of likely N-dealkylation sites (tertiary alicyclic amines) is 2. The van der Waals surface area contributed by atoms with Crippen LogP contribution in [0.2, 0.25) is 0 Å². The first kappa shape index (κ1) is 24.0. The molecular formula is C22H47N5O. The molecule has 0 amide bonds. The van der Waals surface area contributed by atoms with Gasteiger partial charge in [-0.2, -0.15) is 0 Å². The highest BCUT2D eigenvalue weighted by molar-refractivity contribution is 4.96. The van der Waals surface area contributed by atoms with E-state index in [0.717, 1.165) is 26.2 Å². The van der Waals surface area contributed by atoms with Gasteiger partial charge in [0.2, 0.25) is 0 Å². The van der Waals surface area contributed by atoms with Crippen molar-refractivity contribution in [1.82, 2.24) is 25.8 Å². The SMILES string of the molecule is CN[C@@H]1CN(C(C)C)C[C@@H]1NC(C)CCC(C)N1C[C@H](CO)[C@@H](NC(C)C)C1. The maximum absolute atomic E-state index is 9.75. The molecule has 6 atom stereocenters. The van der Waals surface area contributed by atoms with Crippen LogP contribution in [-0.2, 0) is 0 Å². The van der Waals surface area contributed by atoms with Crippen molar-refractivity contribution in [2.45, 2.75) is 96.7 Å². The molecule has 2 rings (SSSR count). The molecule has 0 aromatic carbocycles. The van der Waals surface area contributed by atoms with Gasteiger partial charge in [-0.25, -0.2) is 0 Å². The minimum atomic E-state index is 0.283. The van der Waals surface area contributed by atoms with Crippen LogP contribution in [0.3, 0.4) is 0 Å². The molecule has 0 spiro atoms. The smallest absolute Gasteiger partial charge is 0.0486 e. The van der Waals surface area contributed by atoms with Crippen molar-refractivity contribution in [3.63, 3.8) is 0 Å². The first-order chi connectivity index (χ1) is 13.2. The Morgan fingerprint density at radius 1 is 0.821 bits per heavy atom. The second kappa shape index (κ2) is 11.2. The zero-order chi connectivity index (χ0) is 20.8. The Morgan fingerprint density at radius 3 is 2.04 bits per heavy atom. The van der Waals surface area contributed by atoms with Crippen molar-refractivity contribution < 1.29 is 5.11 Å². The summed E-state index contributed by atoms with van der Waals surface area (Å²) < 4.78 is 0. The Labute approximate surface area is 173 Å². The number of nitrogens with zero attached hydrogens (tertiary/aromatic N) is 2. The molecule has 0 aromatic heterocycles. The Hall–Kier alpha value is -0.240. The predicted octanol–water partition coefficient (Wildman–Crippen LogP) is 1.10. The number of likely N-dealkylation sites (N-methyl/N-ethyl adjacent to an activating group) is 1. The van der Waals surface area contributed by atoms with Crippen LogP contribution >= 0.6 is 0 Å². The second-order valence-electron chi connectivity index (χ2n) is 9.87. The van der Waals surface area contributed by atoms with Gasteiger partial charge in [-0.3, -0.25) is 9.80 Å². The van der Waals surface area contributed by atoms with E-state index in [4.69, 9.17) is 0 Å². The van der Waals surface area contributed by atoms with Crippen molar-refractivity contribution in [3.05, 3.63) is 0 Å². The molecule has 0 aliphatic carbocycles. The molecule has 28 heavy (non-hydrogen) atoms. The van der Waals surface area contributed by atoms with Crippen molar-refractivity contribution in [1.29, 1.82) is 0 Å². The predicted molar refractivity (Wildman–Crippen MR) is 119 cm³/mol. The lowest BCUT2D eigenvalue weighted by atomic mass is 10.0. The van der Waals surface area contributed by atoms with Gasteiger partial charge in [-0.1, -0.05) is 13.8 Å². The quantitative estimate of drug-likeness (QED) is 0.419. The van der Waals surface area contributed by atoms with Gasteiger partial charge in [0.25, 0.3) is 0 Å². The minimum Gasteiger partial charge on any atom is -0.396 e. The standard InChI is InChI=1S/C22H47N5O/c1-15(2)24-20-11-27(10-19(20)14-28)18(6)9-8-17(5)25-22-13-26(16(3)4)12-21(22)23-7/h15-25,28H,8-14H2,1-7H3/t17?,18?,19-,20+,21-,22+/m1/s1. The lowest BCUT2D eigenvalue weighted by molar-refractivity contribution is 0.191. The molecule has 6 nitrogen and oxygen atoms in total. The van der Waals surface area contributed by atoms with Crippen molar-refractivity contribution in [2.75, 3.05) is 39.8 Å².